The third-order valence-corrected chi connectivity index (χ3v) is 5.59. The van der Waals surface area contributed by atoms with E-state index in [4.69, 9.17) is 4.74 Å². The van der Waals surface area contributed by atoms with Crippen molar-refractivity contribution >= 4 is 33.3 Å². The number of anilines is 1. The number of non-ortho nitro benzene ring substituents is 1. The number of hydrogen-bond acceptors (Lipinski definition) is 8. The number of nitro groups is 1. The molecule has 2 aromatic carbocycles. The van der Waals surface area contributed by atoms with Gasteiger partial charge in [0, 0.05) is 12.1 Å². The summed E-state index contributed by atoms with van der Waals surface area (Å²) in [5, 5.41) is 10.8. The lowest BCUT2D eigenvalue weighted by Crippen LogP contribution is -2.36. The average molecular weight is 422 g/mol. The summed E-state index contributed by atoms with van der Waals surface area (Å²) in [6.07, 6.45) is 0. The van der Waals surface area contributed by atoms with Crippen LogP contribution in [0.25, 0.3) is 0 Å². The van der Waals surface area contributed by atoms with Crippen LogP contribution in [-0.4, -0.2) is 45.5 Å². The van der Waals surface area contributed by atoms with Crippen molar-refractivity contribution in [3.8, 4) is 0 Å². The molecule has 0 saturated carbocycles. The fourth-order valence-electron chi connectivity index (χ4n) is 2.34. The number of benzene rings is 2. The molecule has 11 heteroatoms. The van der Waals surface area contributed by atoms with Gasteiger partial charge >= 0.3 is 11.9 Å². The van der Waals surface area contributed by atoms with E-state index in [-0.39, 0.29) is 28.4 Å². The standard InChI is InChI=1S/C18H18N2O8S/c1-3-28-18(22)13-4-6-14(7-5-13)19(12-17(21)27-2)29(25,26)16-10-8-15(9-11-16)20(23)24/h4-11H,3,12H2,1-2H3. The van der Waals surface area contributed by atoms with Crippen LogP contribution in [0.2, 0.25) is 0 Å². The van der Waals surface area contributed by atoms with E-state index in [1.54, 1.807) is 6.92 Å². The predicted octanol–water partition coefficient (Wildman–Crippen LogP) is 2.14. The van der Waals surface area contributed by atoms with E-state index in [9.17, 15) is 28.1 Å². The number of methoxy groups -OCH3 is 1. The third kappa shape index (κ3) is 5.08. The van der Waals surface area contributed by atoms with Crippen LogP contribution in [0.5, 0.6) is 0 Å². The number of rotatable bonds is 8. The minimum absolute atomic E-state index is 0.0989. The Morgan fingerprint density at radius 2 is 1.66 bits per heavy atom. The van der Waals surface area contributed by atoms with Gasteiger partial charge in [0.1, 0.15) is 6.54 Å². The molecule has 0 aliphatic carbocycles. The van der Waals surface area contributed by atoms with E-state index < -0.39 is 33.4 Å². The van der Waals surface area contributed by atoms with Crippen LogP contribution in [0.15, 0.2) is 53.4 Å². The lowest BCUT2D eigenvalue weighted by Gasteiger charge is -2.23. The first-order valence-corrected chi connectivity index (χ1v) is 9.76. The zero-order chi connectivity index (χ0) is 21.6. The highest BCUT2D eigenvalue weighted by atomic mass is 32.2. The maximum atomic E-state index is 13.0. The second-order valence-corrected chi connectivity index (χ2v) is 7.47. The van der Waals surface area contributed by atoms with Crippen molar-refractivity contribution in [2.45, 2.75) is 11.8 Å². The molecule has 2 aromatic rings. The SMILES string of the molecule is CCOC(=O)c1ccc(N(CC(=O)OC)S(=O)(=O)c2ccc([N+](=O)[O-])cc2)cc1. The van der Waals surface area contributed by atoms with Crippen LogP contribution in [0.4, 0.5) is 11.4 Å². The molecule has 0 fully saturated rings. The van der Waals surface area contributed by atoms with Crippen molar-refractivity contribution in [2.24, 2.45) is 0 Å². The molecule has 10 nitrogen and oxygen atoms in total. The van der Waals surface area contributed by atoms with Crippen molar-refractivity contribution in [1.82, 2.24) is 0 Å². The molecule has 0 atom stereocenters. The molecular weight excluding hydrogens is 404 g/mol. The van der Waals surface area contributed by atoms with Gasteiger partial charge < -0.3 is 9.47 Å². The molecule has 2 rings (SSSR count). The monoisotopic (exact) mass is 422 g/mol. The topological polar surface area (TPSA) is 133 Å². The quantitative estimate of drug-likeness (QED) is 0.359. The van der Waals surface area contributed by atoms with Gasteiger partial charge in [-0.1, -0.05) is 0 Å². The normalized spacial score (nSPS) is 10.8. The molecule has 0 aliphatic heterocycles. The molecular formula is C18H18N2O8S. The number of nitro benzene ring substituents is 1. The Hall–Kier alpha value is -3.47. The lowest BCUT2D eigenvalue weighted by molar-refractivity contribution is -0.384. The molecule has 0 saturated heterocycles. The molecule has 0 unspecified atom stereocenters. The molecule has 0 spiro atoms. The van der Waals surface area contributed by atoms with Gasteiger partial charge in [-0.15, -0.1) is 0 Å². The van der Waals surface area contributed by atoms with Crippen LogP contribution < -0.4 is 4.31 Å². The van der Waals surface area contributed by atoms with Crippen molar-refractivity contribution in [2.75, 3.05) is 24.6 Å². The lowest BCUT2D eigenvalue weighted by atomic mass is 10.2. The Kier molecular flexibility index (Phi) is 6.89. The second kappa shape index (κ2) is 9.15. The predicted molar refractivity (Wildman–Crippen MR) is 102 cm³/mol. The van der Waals surface area contributed by atoms with E-state index >= 15 is 0 Å². The molecule has 0 radical (unpaired) electrons. The first-order valence-electron chi connectivity index (χ1n) is 8.32. The Balaban J connectivity index is 2.45. The largest absolute Gasteiger partial charge is 0.468 e. The van der Waals surface area contributed by atoms with E-state index in [0.717, 1.165) is 35.7 Å². The number of esters is 2. The van der Waals surface area contributed by atoms with Crippen molar-refractivity contribution in [3.05, 3.63) is 64.2 Å². The van der Waals surface area contributed by atoms with Crippen molar-refractivity contribution in [3.63, 3.8) is 0 Å². The molecule has 0 aliphatic rings. The molecule has 154 valence electrons. The minimum atomic E-state index is -4.25. The number of ether oxygens (including phenoxy) is 2. The molecule has 0 amide bonds. The van der Waals surface area contributed by atoms with Crippen molar-refractivity contribution in [1.29, 1.82) is 0 Å². The summed E-state index contributed by atoms with van der Waals surface area (Å²) in [5.74, 6) is -1.39. The van der Waals surface area contributed by atoms with Gasteiger partial charge in [0.2, 0.25) is 0 Å². The van der Waals surface area contributed by atoms with Crippen LogP contribution in [0, 0.1) is 10.1 Å². The Labute approximate surface area is 166 Å². The van der Waals surface area contributed by atoms with Crippen LogP contribution in [0.1, 0.15) is 17.3 Å². The van der Waals surface area contributed by atoms with Gasteiger partial charge in [-0.3, -0.25) is 19.2 Å². The second-order valence-electron chi connectivity index (χ2n) is 5.61. The molecule has 0 heterocycles. The highest BCUT2D eigenvalue weighted by molar-refractivity contribution is 7.92. The average Bonchev–Trinajstić information content (AvgIpc) is 2.72. The Morgan fingerprint density at radius 3 is 2.14 bits per heavy atom. The number of sulfonamides is 1. The summed E-state index contributed by atoms with van der Waals surface area (Å²) >= 11 is 0. The van der Waals surface area contributed by atoms with Crippen LogP contribution in [0.3, 0.4) is 0 Å². The Morgan fingerprint density at radius 1 is 1.07 bits per heavy atom. The highest BCUT2D eigenvalue weighted by Gasteiger charge is 2.28. The summed E-state index contributed by atoms with van der Waals surface area (Å²) in [7, 11) is -3.14. The summed E-state index contributed by atoms with van der Waals surface area (Å²) in [5.41, 5.74) is 0.0328. The smallest absolute Gasteiger partial charge is 0.338 e. The van der Waals surface area contributed by atoms with Crippen LogP contribution in [-0.2, 0) is 24.3 Å². The van der Waals surface area contributed by atoms with E-state index in [2.05, 4.69) is 4.74 Å². The first-order chi connectivity index (χ1) is 13.7. The summed E-state index contributed by atoms with van der Waals surface area (Å²) in [4.78, 5) is 33.4. The zero-order valence-electron chi connectivity index (χ0n) is 15.6. The number of carbonyl (C=O) groups excluding carboxylic acids is 2. The van der Waals surface area contributed by atoms with Gasteiger partial charge in [0.05, 0.1) is 34.8 Å². The molecule has 0 N–H and O–H groups in total. The van der Waals surface area contributed by atoms with Crippen LogP contribution >= 0.6 is 0 Å². The number of nitrogens with zero attached hydrogens (tertiary/aromatic N) is 2. The van der Waals surface area contributed by atoms with Gasteiger partial charge in [-0.05, 0) is 43.3 Å². The maximum Gasteiger partial charge on any atom is 0.338 e. The number of hydrogen-bond donors (Lipinski definition) is 0. The molecule has 29 heavy (non-hydrogen) atoms. The summed E-state index contributed by atoms with van der Waals surface area (Å²) < 4.78 is 36.3. The fraction of sp³-hybridized carbons (Fsp3) is 0.222. The van der Waals surface area contributed by atoms with E-state index in [1.807, 2.05) is 0 Å². The van der Waals surface area contributed by atoms with Gasteiger partial charge in [0.25, 0.3) is 15.7 Å². The molecule has 0 aromatic heterocycles. The maximum absolute atomic E-state index is 13.0. The molecule has 0 bridgehead atoms. The summed E-state index contributed by atoms with van der Waals surface area (Å²) in [6.45, 7) is 1.21. The van der Waals surface area contributed by atoms with Gasteiger partial charge in [-0.25, -0.2) is 13.2 Å². The highest BCUT2D eigenvalue weighted by Crippen LogP contribution is 2.25. The van der Waals surface area contributed by atoms with E-state index in [0.29, 0.717) is 0 Å². The minimum Gasteiger partial charge on any atom is -0.468 e. The Bertz CT molecular complexity index is 1000. The third-order valence-electron chi connectivity index (χ3n) is 3.80. The number of carbonyl (C=O) groups is 2. The van der Waals surface area contributed by atoms with Gasteiger partial charge in [-0.2, -0.15) is 0 Å². The fourth-order valence-corrected chi connectivity index (χ4v) is 3.75. The van der Waals surface area contributed by atoms with Crippen molar-refractivity contribution < 1.29 is 32.4 Å². The van der Waals surface area contributed by atoms with E-state index in [1.165, 1.54) is 24.3 Å². The summed E-state index contributed by atoms with van der Waals surface area (Å²) in [6, 6.07) is 9.66. The first kappa shape index (κ1) is 21.8. The van der Waals surface area contributed by atoms with Gasteiger partial charge in [0.15, 0.2) is 0 Å². The zero-order valence-corrected chi connectivity index (χ0v) is 16.4.